The maximum atomic E-state index is 11.9. The SMILES string of the molecule is O=C(O)C1CCCC1CNS(=O)(=O)C=Cc1ccccc1. The number of benzene rings is 1. The minimum absolute atomic E-state index is 0.123. The minimum atomic E-state index is -3.54. The standard InChI is InChI=1S/C15H19NO4S/c17-15(18)14-8-4-7-13(14)11-16-21(19,20)10-9-12-5-2-1-3-6-12/h1-3,5-6,9-10,13-14,16H,4,7-8,11H2,(H,17,18). The van der Waals surface area contributed by atoms with E-state index in [2.05, 4.69) is 4.72 Å². The summed E-state index contributed by atoms with van der Waals surface area (Å²) in [6, 6.07) is 9.13. The lowest BCUT2D eigenvalue weighted by atomic mass is 9.97. The van der Waals surface area contributed by atoms with Gasteiger partial charge in [0, 0.05) is 12.0 Å². The molecule has 2 rings (SSSR count). The van der Waals surface area contributed by atoms with Gasteiger partial charge in [0.1, 0.15) is 0 Å². The molecule has 0 aromatic heterocycles. The van der Waals surface area contributed by atoms with Crippen molar-refractivity contribution in [2.75, 3.05) is 6.54 Å². The molecule has 114 valence electrons. The maximum Gasteiger partial charge on any atom is 0.306 e. The third-order valence-corrected chi connectivity index (χ3v) is 4.83. The normalized spacial score (nSPS) is 22.7. The number of carbonyl (C=O) groups is 1. The molecule has 1 aromatic rings. The molecule has 5 nitrogen and oxygen atoms in total. The van der Waals surface area contributed by atoms with Gasteiger partial charge in [0.2, 0.25) is 10.0 Å². The predicted molar refractivity (Wildman–Crippen MR) is 80.9 cm³/mol. The van der Waals surface area contributed by atoms with Gasteiger partial charge in [-0.25, -0.2) is 13.1 Å². The molecule has 0 bridgehead atoms. The molecule has 21 heavy (non-hydrogen) atoms. The van der Waals surface area contributed by atoms with E-state index >= 15 is 0 Å². The van der Waals surface area contributed by atoms with Crippen LogP contribution in [0.2, 0.25) is 0 Å². The molecule has 6 heteroatoms. The van der Waals surface area contributed by atoms with Crippen molar-refractivity contribution >= 4 is 22.1 Å². The molecule has 1 fully saturated rings. The zero-order valence-electron chi connectivity index (χ0n) is 11.6. The molecule has 0 amide bonds. The van der Waals surface area contributed by atoms with E-state index in [4.69, 9.17) is 5.11 Å². The fourth-order valence-corrected chi connectivity index (χ4v) is 3.49. The molecular formula is C15H19NO4S. The average molecular weight is 309 g/mol. The average Bonchev–Trinajstić information content (AvgIpc) is 2.93. The Bertz CT molecular complexity index is 610. The van der Waals surface area contributed by atoms with Crippen LogP contribution < -0.4 is 4.72 Å². The number of carboxylic acid groups (broad SMARTS) is 1. The summed E-state index contributed by atoms with van der Waals surface area (Å²) in [7, 11) is -3.54. The molecule has 1 aliphatic rings. The molecule has 2 unspecified atom stereocenters. The molecule has 0 spiro atoms. The largest absolute Gasteiger partial charge is 0.481 e. The van der Waals surface area contributed by atoms with Gasteiger partial charge in [-0.05, 0) is 30.4 Å². The molecule has 2 N–H and O–H groups in total. The minimum Gasteiger partial charge on any atom is -0.481 e. The molecule has 0 saturated heterocycles. The van der Waals surface area contributed by atoms with Gasteiger partial charge in [0.05, 0.1) is 5.92 Å². The third-order valence-electron chi connectivity index (χ3n) is 3.76. The van der Waals surface area contributed by atoms with Gasteiger partial charge in [-0.1, -0.05) is 36.8 Å². The van der Waals surface area contributed by atoms with Crippen LogP contribution in [-0.2, 0) is 14.8 Å². The fourth-order valence-electron chi connectivity index (χ4n) is 2.61. The quantitative estimate of drug-likeness (QED) is 0.842. The number of sulfonamides is 1. The summed E-state index contributed by atoms with van der Waals surface area (Å²) in [4.78, 5) is 11.1. The van der Waals surface area contributed by atoms with E-state index in [0.29, 0.717) is 6.42 Å². The van der Waals surface area contributed by atoms with Crippen LogP contribution >= 0.6 is 0 Å². The Morgan fingerprint density at radius 2 is 2.00 bits per heavy atom. The van der Waals surface area contributed by atoms with E-state index in [9.17, 15) is 13.2 Å². The van der Waals surface area contributed by atoms with Crippen LogP contribution in [0.1, 0.15) is 24.8 Å². The number of aliphatic carboxylic acids is 1. The van der Waals surface area contributed by atoms with Crippen LogP contribution in [0.4, 0.5) is 0 Å². The Balaban J connectivity index is 1.92. The van der Waals surface area contributed by atoms with Gasteiger partial charge in [-0.3, -0.25) is 4.79 Å². The van der Waals surface area contributed by atoms with Crippen molar-refractivity contribution in [3.8, 4) is 0 Å². The monoisotopic (exact) mass is 309 g/mol. The molecule has 0 aliphatic heterocycles. The number of nitrogens with one attached hydrogen (secondary N) is 1. The summed E-state index contributed by atoms with van der Waals surface area (Å²) in [5.41, 5.74) is 0.798. The van der Waals surface area contributed by atoms with Crippen molar-refractivity contribution in [2.24, 2.45) is 11.8 Å². The van der Waals surface area contributed by atoms with Crippen LogP contribution in [0.15, 0.2) is 35.7 Å². The Labute approximate surface area is 124 Å². The zero-order chi connectivity index (χ0) is 15.3. The highest BCUT2D eigenvalue weighted by Crippen LogP contribution is 2.31. The van der Waals surface area contributed by atoms with Crippen LogP contribution in [0.5, 0.6) is 0 Å². The van der Waals surface area contributed by atoms with E-state index in [1.807, 2.05) is 30.3 Å². The first-order chi connectivity index (χ1) is 9.98. The van der Waals surface area contributed by atoms with Crippen LogP contribution in [-0.4, -0.2) is 26.0 Å². The van der Waals surface area contributed by atoms with Crippen molar-refractivity contribution < 1.29 is 18.3 Å². The lowest BCUT2D eigenvalue weighted by molar-refractivity contribution is -0.142. The molecule has 2 atom stereocenters. The lowest BCUT2D eigenvalue weighted by Crippen LogP contribution is -2.31. The summed E-state index contributed by atoms with van der Waals surface area (Å²) in [6.45, 7) is 0.179. The van der Waals surface area contributed by atoms with Crippen molar-refractivity contribution in [2.45, 2.75) is 19.3 Å². The number of hydrogen-bond donors (Lipinski definition) is 2. The number of carboxylic acids is 1. The van der Waals surface area contributed by atoms with Gasteiger partial charge >= 0.3 is 5.97 Å². The first-order valence-corrected chi connectivity index (χ1v) is 8.48. The van der Waals surface area contributed by atoms with E-state index in [1.54, 1.807) is 0 Å². The zero-order valence-corrected chi connectivity index (χ0v) is 12.4. The highest BCUT2D eigenvalue weighted by atomic mass is 32.2. The Morgan fingerprint density at radius 1 is 1.29 bits per heavy atom. The molecule has 1 saturated carbocycles. The van der Waals surface area contributed by atoms with Crippen molar-refractivity contribution in [3.05, 3.63) is 41.3 Å². The second-order valence-electron chi connectivity index (χ2n) is 5.24. The Kier molecular flexibility index (Phi) is 5.14. The molecular weight excluding hydrogens is 290 g/mol. The van der Waals surface area contributed by atoms with Crippen molar-refractivity contribution in [1.82, 2.24) is 4.72 Å². The van der Waals surface area contributed by atoms with Crippen LogP contribution in [0.25, 0.3) is 6.08 Å². The lowest BCUT2D eigenvalue weighted by Gasteiger charge is -2.15. The second-order valence-corrected chi connectivity index (χ2v) is 6.89. The number of hydrogen-bond acceptors (Lipinski definition) is 3. The first kappa shape index (κ1) is 15.7. The summed E-state index contributed by atoms with van der Waals surface area (Å²) < 4.78 is 26.3. The topological polar surface area (TPSA) is 83.5 Å². The number of rotatable bonds is 6. The van der Waals surface area contributed by atoms with Crippen LogP contribution in [0, 0.1) is 11.8 Å². The summed E-state index contributed by atoms with van der Waals surface area (Å²) in [5.74, 6) is -1.40. The van der Waals surface area contributed by atoms with Crippen LogP contribution in [0.3, 0.4) is 0 Å². The Morgan fingerprint density at radius 3 is 2.67 bits per heavy atom. The first-order valence-electron chi connectivity index (χ1n) is 6.93. The van der Waals surface area contributed by atoms with E-state index in [-0.39, 0.29) is 12.5 Å². The van der Waals surface area contributed by atoms with Gasteiger partial charge in [-0.15, -0.1) is 0 Å². The maximum absolute atomic E-state index is 11.9. The van der Waals surface area contributed by atoms with Gasteiger partial charge < -0.3 is 5.11 Å². The second kappa shape index (κ2) is 6.87. The van der Waals surface area contributed by atoms with Gasteiger partial charge in [0.15, 0.2) is 0 Å². The predicted octanol–water partition coefficient (Wildman–Crippen LogP) is 2.08. The molecule has 0 heterocycles. The highest BCUT2D eigenvalue weighted by Gasteiger charge is 2.33. The summed E-state index contributed by atoms with van der Waals surface area (Å²) in [5, 5.41) is 10.2. The van der Waals surface area contributed by atoms with E-state index in [1.165, 1.54) is 6.08 Å². The van der Waals surface area contributed by atoms with E-state index in [0.717, 1.165) is 23.8 Å². The van der Waals surface area contributed by atoms with Gasteiger partial charge in [0.25, 0.3) is 0 Å². The highest BCUT2D eigenvalue weighted by molar-refractivity contribution is 7.92. The third kappa shape index (κ3) is 4.68. The summed E-state index contributed by atoms with van der Waals surface area (Å²) in [6.07, 6.45) is 3.73. The molecule has 0 radical (unpaired) electrons. The van der Waals surface area contributed by atoms with E-state index < -0.39 is 21.9 Å². The smallest absolute Gasteiger partial charge is 0.306 e. The molecule has 1 aliphatic carbocycles. The fraction of sp³-hybridized carbons (Fsp3) is 0.400. The Hall–Kier alpha value is -1.66. The van der Waals surface area contributed by atoms with Crippen molar-refractivity contribution in [1.29, 1.82) is 0 Å². The molecule has 1 aromatic carbocycles. The summed E-state index contributed by atoms with van der Waals surface area (Å²) >= 11 is 0. The van der Waals surface area contributed by atoms with Gasteiger partial charge in [-0.2, -0.15) is 0 Å². The van der Waals surface area contributed by atoms with Crippen molar-refractivity contribution in [3.63, 3.8) is 0 Å².